The maximum atomic E-state index is 5.77. The van der Waals surface area contributed by atoms with Gasteiger partial charge in [0.15, 0.2) is 0 Å². The van der Waals surface area contributed by atoms with Gasteiger partial charge in [0, 0.05) is 10.9 Å². The molecule has 0 N–H and O–H groups in total. The topological polar surface area (TPSA) is 22.1 Å². The zero-order chi connectivity index (χ0) is 19.8. The second-order valence-electron chi connectivity index (χ2n) is 8.32. The van der Waals surface area contributed by atoms with Gasteiger partial charge in [-0.1, -0.05) is 44.2 Å². The largest absolute Gasteiger partial charge is 0.494 e. The summed E-state index contributed by atoms with van der Waals surface area (Å²) in [6.07, 6.45) is 4.51. The maximum Gasteiger partial charge on any atom is 0.119 e. The number of hydrogen-bond acceptors (Lipinski definition) is 2. The summed E-state index contributed by atoms with van der Waals surface area (Å²) in [4.78, 5) is 5.19. The van der Waals surface area contributed by atoms with Crippen molar-refractivity contribution in [2.24, 2.45) is 5.92 Å². The third kappa shape index (κ3) is 3.27. The van der Waals surface area contributed by atoms with Crippen LogP contribution in [0.4, 0.5) is 0 Å². The van der Waals surface area contributed by atoms with Crippen molar-refractivity contribution in [1.29, 1.82) is 0 Å². The Balaban J connectivity index is 1.72. The summed E-state index contributed by atoms with van der Waals surface area (Å²) in [5.41, 5.74) is 6.39. The molecular formula is C27H27NO. The number of rotatable bonds is 4. The third-order valence-corrected chi connectivity index (χ3v) is 6.13. The zero-order valence-electron chi connectivity index (χ0n) is 17.2. The molecule has 0 aliphatic heterocycles. The summed E-state index contributed by atoms with van der Waals surface area (Å²) in [5, 5.41) is 3.99. The van der Waals surface area contributed by atoms with Gasteiger partial charge in [-0.3, -0.25) is 0 Å². The van der Waals surface area contributed by atoms with Crippen LogP contribution in [0, 0.1) is 5.92 Å². The highest BCUT2D eigenvalue weighted by Gasteiger charge is 2.23. The van der Waals surface area contributed by atoms with Gasteiger partial charge >= 0.3 is 0 Å². The molecule has 1 atom stereocenters. The lowest BCUT2D eigenvalue weighted by Crippen LogP contribution is -2.14. The molecule has 1 aromatic heterocycles. The van der Waals surface area contributed by atoms with E-state index >= 15 is 0 Å². The van der Waals surface area contributed by atoms with Gasteiger partial charge in [-0.15, -0.1) is 0 Å². The summed E-state index contributed by atoms with van der Waals surface area (Å²) >= 11 is 0. The third-order valence-electron chi connectivity index (χ3n) is 6.13. The van der Waals surface area contributed by atoms with Gasteiger partial charge in [-0.05, 0) is 83.8 Å². The number of aryl methyl sites for hydroxylation is 1. The molecule has 0 radical (unpaired) electrons. The normalized spacial score (nSPS) is 16.1. The molecule has 0 fully saturated rings. The van der Waals surface area contributed by atoms with Crippen LogP contribution in [0.5, 0.6) is 5.75 Å². The van der Waals surface area contributed by atoms with Crippen molar-refractivity contribution < 1.29 is 4.74 Å². The highest BCUT2D eigenvalue weighted by Crippen LogP contribution is 2.39. The lowest BCUT2D eigenvalue weighted by Gasteiger charge is -2.26. The molecule has 0 bridgehead atoms. The summed E-state index contributed by atoms with van der Waals surface area (Å²) in [5.74, 6) is 1.63. The van der Waals surface area contributed by atoms with Gasteiger partial charge < -0.3 is 4.74 Å². The van der Waals surface area contributed by atoms with Crippen molar-refractivity contribution in [3.8, 4) is 17.0 Å². The molecule has 2 nitrogen and oxygen atoms in total. The first kappa shape index (κ1) is 18.2. The van der Waals surface area contributed by atoms with Crippen LogP contribution in [0.3, 0.4) is 0 Å². The van der Waals surface area contributed by atoms with E-state index in [0.29, 0.717) is 5.92 Å². The lowest BCUT2D eigenvalue weighted by atomic mass is 9.80. The van der Waals surface area contributed by atoms with E-state index in [1.54, 1.807) is 0 Å². The summed E-state index contributed by atoms with van der Waals surface area (Å²) < 4.78 is 5.77. The van der Waals surface area contributed by atoms with Gasteiger partial charge in [0.1, 0.15) is 5.75 Å². The van der Waals surface area contributed by atoms with E-state index in [1.807, 2.05) is 0 Å². The van der Waals surface area contributed by atoms with Crippen LogP contribution in [0.1, 0.15) is 37.8 Å². The second kappa shape index (κ2) is 7.51. The van der Waals surface area contributed by atoms with Crippen molar-refractivity contribution in [2.45, 2.75) is 39.5 Å². The van der Waals surface area contributed by atoms with Gasteiger partial charge in [0.25, 0.3) is 0 Å². The Morgan fingerprint density at radius 3 is 2.62 bits per heavy atom. The van der Waals surface area contributed by atoms with Gasteiger partial charge in [0.2, 0.25) is 0 Å². The van der Waals surface area contributed by atoms with E-state index in [1.165, 1.54) is 39.3 Å². The molecule has 0 saturated heterocycles. The van der Waals surface area contributed by atoms with E-state index < -0.39 is 0 Å². The van der Waals surface area contributed by atoms with Gasteiger partial charge in [-0.2, -0.15) is 0 Å². The summed E-state index contributed by atoms with van der Waals surface area (Å²) in [6.45, 7) is 5.25. The smallest absolute Gasteiger partial charge is 0.119 e. The Hall–Kier alpha value is -2.87. The van der Waals surface area contributed by atoms with Crippen molar-refractivity contribution in [3.05, 3.63) is 71.8 Å². The Kier molecular flexibility index (Phi) is 4.71. The van der Waals surface area contributed by atoms with Crippen molar-refractivity contribution in [3.63, 3.8) is 0 Å². The minimum absolute atomic E-state index is 0.697. The molecule has 0 spiro atoms. The van der Waals surface area contributed by atoms with Crippen LogP contribution in [-0.4, -0.2) is 11.6 Å². The fraction of sp³-hybridized carbons (Fsp3) is 0.296. The molecule has 2 heteroatoms. The van der Waals surface area contributed by atoms with Crippen LogP contribution in [0.2, 0.25) is 0 Å². The molecule has 1 heterocycles. The van der Waals surface area contributed by atoms with E-state index in [-0.39, 0.29) is 0 Å². The van der Waals surface area contributed by atoms with Crippen LogP contribution in [0.15, 0.2) is 60.7 Å². The molecule has 0 saturated carbocycles. The SMILES string of the molecule is CCCOc1ccc(-c2nc3ccc4ccccc4c3c3c2CC(C)CC3)cc1. The summed E-state index contributed by atoms with van der Waals surface area (Å²) in [6, 6.07) is 21.6. The Morgan fingerprint density at radius 2 is 1.79 bits per heavy atom. The summed E-state index contributed by atoms with van der Waals surface area (Å²) in [7, 11) is 0. The standard InChI is InChI=1S/C27H27NO/c1-3-16-29-21-12-9-20(10-13-21)27-24-17-18(2)8-14-23(24)26-22-7-5-4-6-19(22)11-15-25(26)28-27/h4-7,9-13,15,18H,3,8,14,16-17H2,1-2H3. The van der Waals surface area contributed by atoms with Crippen molar-refractivity contribution >= 4 is 21.7 Å². The van der Waals surface area contributed by atoms with Crippen LogP contribution < -0.4 is 4.74 Å². The maximum absolute atomic E-state index is 5.77. The molecule has 29 heavy (non-hydrogen) atoms. The highest BCUT2D eigenvalue weighted by molar-refractivity contribution is 6.09. The van der Waals surface area contributed by atoms with Crippen LogP contribution in [0.25, 0.3) is 32.9 Å². The minimum Gasteiger partial charge on any atom is -0.494 e. The number of pyridine rings is 1. The Labute approximate surface area is 172 Å². The first-order valence-electron chi connectivity index (χ1n) is 10.8. The Morgan fingerprint density at radius 1 is 0.966 bits per heavy atom. The van der Waals surface area contributed by atoms with Gasteiger partial charge in [-0.25, -0.2) is 4.98 Å². The fourth-order valence-electron chi connectivity index (χ4n) is 4.66. The quantitative estimate of drug-likeness (QED) is 0.356. The number of aromatic nitrogens is 1. The Bertz CT molecular complexity index is 1180. The number of benzene rings is 3. The van der Waals surface area contributed by atoms with E-state index in [4.69, 9.17) is 9.72 Å². The molecule has 3 aromatic carbocycles. The monoisotopic (exact) mass is 381 g/mol. The number of ether oxygens (including phenoxy) is 1. The molecule has 1 aliphatic rings. The predicted molar refractivity (Wildman–Crippen MR) is 122 cm³/mol. The number of fused-ring (bicyclic) bond motifs is 5. The van der Waals surface area contributed by atoms with E-state index in [9.17, 15) is 0 Å². The molecule has 5 rings (SSSR count). The fourth-order valence-corrected chi connectivity index (χ4v) is 4.66. The second-order valence-corrected chi connectivity index (χ2v) is 8.32. The molecule has 146 valence electrons. The molecule has 0 amide bonds. The van der Waals surface area contributed by atoms with Crippen LogP contribution in [-0.2, 0) is 12.8 Å². The predicted octanol–water partition coefficient (Wildman–Crippen LogP) is 6.97. The van der Waals surface area contributed by atoms with E-state index in [2.05, 4.69) is 74.5 Å². The average Bonchev–Trinajstić information content (AvgIpc) is 2.77. The van der Waals surface area contributed by atoms with Crippen LogP contribution >= 0.6 is 0 Å². The number of nitrogens with zero attached hydrogens (tertiary/aromatic N) is 1. The molecule has 1 aliphatic carbocycles. The molecule has 4 aromatic rings. The average molecular weight is 382 g/mol. The van der Waals surface area contributed by atoms with E-state index in [0.717, 1.165) is 42.8 Å². The lowest BCUT2D eigenvalue weighted by molar-refractivity contribution is 0.317. The van der Waals surface area contributed by atoms with Crippen molar-refractivity contribution in [1.82, 2.24) is 4.98 Å². The number of hydrogen-bond donors (Lipinski definition) is 0. The zero-order valence-corrected chi connectivity index (χ0v) is 17.2. The van der Waals surface area contributed by atoms with Crippen molar-refractivity contribution in [2.75, 3.05) is 6.61 Å². The first-order chi connectivity index (χ1) is 14.2. The minimum atomic E-state index is 0.697. The molecule has 1 unspecified atom stereocenters. The van der Waals surface area contributed by atoms with Gasteiger partial charge in [0.05, 0.1) is 17.8 Å². The first-order valence-corrected chi connectivity index (χ1v) is 10.8. The highest BCUT2D eigenvalue weighted by atomic mass is 16.5. The molecular weight excluding hydrogens is 354 g/mol.